The van der Waals surface area contributed by atoms with Crippen molar-refractivity contribution in [3.63, 3.8) is 0 Å². The Morgan fingerprint density at radius 2 is 1.90 bits per heavy atom. The van der Waals surface area contributed by atoms with Gasteiger partial charge in [-0.05, 0) is 31.5 Å². The maximum atomic E-state index is 6.33. The van der Waals surface area contributed by atoms with Crippen molar-refractivity contribution in [3.05, 3.63) is 22.2 Å². The zero-order valence-electron chi connectivity index (χ0n) is 12.4. The first-order chi connectivity index (χ1) is 10.2. The van der Waals surface area contributed by atoms with Crippen LogP contribution in [-0.2, 0) is 9.47 Å². The van der Waals surface area contributed by atoms with Crippen LogP contribution in [0.15, 0.2) is 16.6 Å². The van der Waals surface area contributed by atoms with Gasteiger partial charge in [0.05, 0.1) is 39.1 Å². The Hall–Kier alpha value is -0.820. The van der Waals surface area contributed by atoms with E-state index in [0.717, 1.165) is 10.0 Å². The van der Waals surface area contributed by atoms with Gasteiger partial charge in [-0.15, -0.1) is 0 Å². The lowest BCUT2D eigenvalue weighted by molar-refractivity contribution is -0.0976. The van der Waals surface area contributed by atoms with E-state index < -0.39 is 0 Å². The summed E-state index contributed by atoms with van der Waals surface area (Å²) in [4.78, 5) is 0. The molecule has 118 valence electrons. The summed E-state index contributed by atoms with van der Waals surface area (Å²) in [7, 11) is 0. The zero-order chi connectivity index (χ0) is 15.2. The molecular weight excluding hydrogens is 338 g/mol. The minimum Gasteiger partial charge on any atom is -0.490 e. The third-order valence-electron chi connectivity index (χ3n) is 3.26. The topological polar surface area (TPSA) is 62.9 Å². The van der Waals surface area contributed by atoms with Crippen LogP contribution in [0.3, 0.4) is 0 Å². The van der Waals surface area contributed by atoms with E-state index in [1.54, 1.807) is 0 Å². The summed E-state index contributed by atoms with van der Waals surface area (Å²) in [5, 5.41) is 0. The molecule has 0 aromatic heterocycles. The molecule has 1 aliphatic rings. The summed E-state index contributed by atoms with van der Waals surface area (Å²) >= 11 is 3.56. The quantitative estimate of drug-likeness (QED) is 0.845. The molecule has 2 N–H and O–H groups in total. The Morgan fingerprint density at radius 3 is 2.48 bits per heavy atom. The standard InChI is InChI=1S/C15H22BrNO4/c1-3-19-12-7-10(11(16)8-13(12)20-4-2)15(17)14-9-18-5-6-21-14/h7-8,14-15H,3-6,9,17H2,1-2H3. The van der Waals surface area contributed by atoms with Gasteiger partial charge in [0.25, 0.3) is 0 Å². The van der Waals surface area contributed by atoms with Gasteiger partial charge in [0, 0.05) is 4.47 Å². The minimum absolute atomic E-state index is 0.150. The van der Waals surface area contributed by atoms with Crippen molar-refractivity contribution in [1.29, 1.82) is 0 Å². The molecule has 0 radical (unpaired) electrons. The third-order valence-corrected chi connectivity index (χ3v) is 3.95. The molecule has 2 unspecified atom stereocenters. The molecule has 1 heterocycles. The van der Waals surface area contributed by atoms with Crippen LogP contribution in [0.5, 0.6) is 11.5 Å². The van der Waals surface area contributed by atoms with Gasteiger partial charge in [0.15, 0.2) is 11.5 Å². The second-order valence-corrected chi connectivity index (χ2v) is 5.55. The van der Waals surface area contributed by atoms with E-state index in [1.165, 1.54) is 0 Å². The molecule has 5 nitrogen and oxygen atoms in total. The molecule has 2 atom stereocenters. The van der Waals surface area contributed by atoms with Crippen molar-refractivity contribution < 1.29 is 18.9 Å². The SMILES string of the molecule is CCOc1cc(Br)c(C(N)C2COCCO2)cc1OCC. The molecule has 6 heteroatoms. The van der Waals surface area contributed by atoms with Crippen molar-refractivity contribution in [2.75, 3.05) is 33.0 Å². The molecular formula is C15H22BrNO4. The Balaban J connectivity index is 2.27. The van der Waals surface area contributed by atoms with E-state index in [-0.39, 0.29) is 12.1 Å². The molecule has 0 spiro atoms. The van der Waals surface area contributed by atoms with Crippen LogP contribution in [0.25, 0.3) is 0 Å². The average Bonchev–Trinajstić information content (AvgIpc) is 2.50. The normalized spacial score (nSPS) is 20.1. The largest absolute Gasteiger partial charge is 0.490 e. The first-order valence-electron chi connectivity index (χ1n) is 7.21. The van der Waals surface area contributed by atoms with Crippen molar-refractivity contribution in [2.24, 2.45) is 5.73 Å². The van der Waals surface area contributed by atoms with Crippen LogP contribution >= 0.6 is 15.9 Å². The molecule has 1 saturated heterocycles. The maximum absolute atomic E-state index is 6.33. The smallest absolute Gasteiger partial charge is 0.162 e. The second kappa shape index (κ2) is 7.98. The lowest BCUT2D eigenvalue weighted by Crippen LogP contribution is -2.38. The van der Waals surface area contributed by atoms with Crippen molar-refractivity contribution >= 4 is 15.9 Å². The average molecular weight is 360 g/mol. The monoisotopic (exact) mass is 359 g/mol. The molecule has 0 aliphatic carbocycles. The first kappa shape index (κ1) is 16.5. The summed E-state index contributed by atoms with van der Waals surface area (Å²) in [5.41, 5.74) is 7.26. The number of benzene rings is 1. The van der Waals surface area contributed by atoms with Crippen LogP contribution < -0.4 is 15.2 Å². The van der Waals surface area contributed by atoms with E-state index in [4.69, 9.17) is 24.7 Å². The number of ether oxygens (including phenoxy) is 4. The van der Waals surface area contributed by atoms with E-state index >= 15 is 0 Å². The summed E-state index contributed by atoms with van der Waals surface area (Å²) in [5.74, 6) is 1.41. The lowest BCUT2D eigenvalue weighted by Gasteiger charge is -2.29. The van der Waals surface area contributed by atoms with Gasteiger partial charge in [0.2, 0.25) is 0 Å². The van der Waals surface area contributed by atoms with Crippen molar-refractivity contribution in [3.8, 4) is 11.5 Å². The van der Waals surface area contributed by atoms with Gasteiger partial charge >= 0.3 is 0 Å². The van der Waals surface area contributed by atoms with E-state index in [1.807, 2.05) is 26.0 Å². The van der Waals surface area contributed by atoms with Gasteiger partial charge in [-0.1, -0.05) is 15.9 Å². The Kier molecular flexibility index (Phi) is 6.29. The zero-order valence-corrected chi connectivity index (χ0v) is 14.0. The lowest BCUT2D eigenvalue weighted by atomic mass is 10.0. The fourth-order valence-corrected chi connectivity index (χ4v) is 2.84. The summed E-state index contributed by atoms with van der Waals surface area (Å²) in [6, 6.07) is 3.53. The fourth-order valence-electron chi connectivity index (χ4n) is 2.26. The highest BCUT2D eigenvalue weighted by atomic mass is 79.9. The molecule has 1 aliphatic heterocycles. The summed E-state index contributed by atoms with van der Waals surface area (Å²) in [6.45, 7) is 6.73. The van der Waals surface area contributed by atoms with Gasteiger partial charge in [-0.2, -0.15) is 0 Å². The van der Waals surface area contributed by atoms with Crippen molar-refractivity contribution in [1.82, 2.24) is 0 Å². The molecule has 1 aromatic rings. The minimum atomic E-state index is -0.283. The van der Waals surface area contributed by atoms with Crippen LogP contribution in [0.1, 0.15) is 25.5 Å². The highest BCUT2D eigenvalue weighted by molar-refractivity contribution is 9.10. The van der Waals surface area contributed by atoms with Crippen molar-refractivity contribution in [2.45, 2.75) is 26.0 Å². The molecule has 21 heavy (non-hydrogen) atoms. The molecule has 2 rings (SSSR count). The van der Waals surface area contributed by atoms with E-state index in [0.29, 0.717) is 44.5 Å². The highest BCUT2D eigenvalue weighted by Crippen LogP contribution is 2.37. The number of hydrogen-bond donors (Lipinski definition) is 1. The Morgan fingerprint density at radius 1 is 1.24 bits per heavy atom. The van der Waals surface area contributed by atoms with E-state index in [2.05, 4.69) is 15.9 Å². The number of halogens is 1. The molecule has 0 bridgehead atoms. The molecule has 0 amide bonds. The molecule has 1 aromatic carbocycles. The van der Waals surface area contributed by atoms with Gasteiger partial charge in [0.1, 0.15) is 6.10 Å². The Bertz CT molecular complexity index is 463. The predicted octanol–water partition coefficient (Wildman–Crippen LogP) is 2.66. The molecule has 1 fully saturated rings. The summed E-state index contributed by atoms with van der Waals surface area (Å²) in [6.07, 6.45) is -0.150. The third kappa shape index (κ3) is 4.10. The highest BCUT2D eigenvalue weighted by Gasteiger charge is 2.26. The van der Waals surface area contributed by atoms with Gasteiger partial charge < -0.3 is 24.7 Å². The maximum Gasteiger partial charge on any atom is 0.162 e. The van der Waals surface area contributed by atoms with Gasteiger partial charge in [-0.3, -0.25) is 0 Å². The van der Waals surface area contributed by atoms with Crippen LogP contribution in [0, 0.1) is 0 Å². The van der Waals surface area contributed by atoms with Crippen LogP contribution in [-0.4, -0.2) is 39.1 Å². The number of nitrogens with two attached hydrogens (primary N) is 1. The first-order valence-corrected chi connectivity index (χ1v) is 8.00. The van der Waals surface area contributed by atoms with Crippen LogP contribution in [0.2, 0.25) is 0 Å². The second-order valence-electron chi connectivity index (χ2n) is 4.70. The van der Waals surface area contributed by atoms with Gasteiger partial charge in [-0.25, -0.2) is 0 Å². The van der Waals surface area contributed by atoms with Crippen LogP contribution in [0.4, 0.5) is 0 Å². The fraction of sp³-hybridized carbons (Fsp3) is 0.600. The van der Waals surface area contributed by atoms with E-state index in [9.17, 15) is 0 Å². The molecule has 0 saturated carbocycles. The number of hydrogen-bond acceptors (Lipinski definition) is 5. The summed E-state index contributed by atoms with van der Waals surface area (Å²) < 4.78 is 23.2. The Labute approximate surface area is 133 Å². The predicted molar refractivity (Wildman–Crippen MR) is 84.0 cm³/mol. The number of rotatable bonds is 6.